The average molecular weight is 244 g/mol. The molecule has 0 aliphatic rings. The zero-order valence-corrected chi connectivity index (χ0v) is 9.72. The maximum Gasteiger partial charge on any atom is 0.225 e. The summed E-state index contributed by atoms with van der Waals surface area (Å²) in [6.07, 6.45) is 0. The van der Waals surface area contributed by atoms with Crippen LogP contribution in [0, 0.1) is 0 Å². The number of hydrogen-bond acceptors (Lipinski definition) is 5. The number of hydrogen-bond donors (Lipinski definition) is 1. The van der Waals surface area contributed by atoms with Gasteiger partial charge in [-0.25, -0.2) is 4.98 Å². The van der Waals surface area contributed by atoms with E-state index in [0.717, 1.165) is 16.0 Å². The second-order valence-electron chi connectivity index (χ2n) is 3.10. The summed E-state index contributed by atoms with van der Waals surface area (Å²) in [4.78, 5) is 11.0. The minimum Gasteiger partial charge on any atom is -0.395 e. The first-order valence-electron chi connectivity index (χ1n) is 4.45. The van der Waals surface area contributed by atoms with Crippen LogP contribution in [0.25, 0.3) is 10.2 Å². The second kappa shape index (κ2) is 4.30. The number of aromatic nitrogens is 2. The fraction of sp³-hybridized carbons (Fsp3) is 0.333. The molecule has 2 rings (SSSR count). The molecule has 0 aliphatic carbocycles. The summed E-state index contributed by atoms with van der Waals surface area (Å²) in [7, 11) is 1.87. The van der Waals surface area contributed by atoms with Gasteiger partial charge in [-0.3, -0.25) is 0 Å². The highest BCUT2D eigenvalue weighted by Gasteiger charge is 2.11. The number of likely N-dealkylation sites (N-methyl/N-ethyl adjacent to an activating group) is 1. The van der Waals surface area contributed by atoms with E-state index in [1.165, 1.54) is 11.3 Å². The van der Waals surface area contributed by atoms with Gasteiger partial charge in [-0.15, -0.1) is 11.3 Å². The van der Waals surface area contributed by atoms with Crippen LogP contribution in [0.3, 0.4) is 0 Å². The summed E-state index contributed by atoms with van der Waals surface area (Å²) in [5.41, 5.74) is 0. The summed E-state index contributed by atoms with van der Waals surface area (Å²) < 4.78 is 0. The molecule has 0 saturated heterocycles. The highest BCUT2D eigenvalue weighted by atomic mass is 35.5. The molecule has 0 unspecified atom stereocenters. The predicted octanol–water partition coefficient (Wildman–Crippen LogP) is 1.77. The molecule has 1 N–H and O–H groups in total. The van der Waals surface area contributed by atoms with Crippen LogP contribution in [-0.4, -0.2) is 35.3 Å². The Morgan fingerprint density at radius 3 is 3.07 bits per heavy atom. The number of halogens is 1. The number of thiophene rings is 1. The van der Waals surface area contributed by atoms with Crippen molar-refractivity contribution in [1.29, 1.82) is 0 Å². The minimum atomic E-state index is 0.0871. The molecule has 15 heavy (non-hydrogen) atoms. The normalized spacial score (nSPS) is 10.9. The molecule has 0 bridgehead atoms. The molecule has 0 atom stereocenters. The van der Waals surface area contributed by atoms with E-state index in [4.69, 9.17) is 16.7 Å². The van der Waals surface area contributed by atoms with Crippen molar-refractivity contribution in [3.63, 3.8) is 0 Å². The van der Waals surface area contributed by atoms with Crippen molar-refractivity contribution in [2.45, 2.75) is 0 Å². The summed E-state index contributed by atoms with van der Waals surface area (Å²) >= 11 is 7.35. The summed E-state index contributed by atoms with van der Waals surface area (Å²) in [6.45, 7) is 0.613. The van der Waals surface area contributed by atoms with E-state index in [-0.39, 0.29) is 11.9 Å². The van der Waals surface area contributed by atoms with E-state index in [1.807, 2.05) is 23.4 Å². The molecule has 0 fully saturated rings. The summed E-state index contributed by atoms with van der Waals surface area (Å²) in [5.74, 6) is 0.764. The monoisotopic (exact) mass is 243 g/mol. The Kier molecular flexibility index (Phi) is 3.04. The van der Waals surface area contributed by atoms with Crippen molar-refractivity contribution in [1.82, 2.24) is 9.97 Å². The quantitative estimate of drug-likeness (QED) is 0.835. The van der Waals surface area contributed by atoms with E-state index in [2.05, 4.69) is 9.97 Å². The average Bonchev–Trinajstić information content (AvgIpc) is 2.64. The number of aliphatic hydroxyl groups is 1. The third-order valence-electron chi connectivity index (χ3n) is 2.07. The van der Waals surface area contributed by atoms with Crippen molar-refractivity contribution in [3.8, 4) is 0 Å². The lowest BCUT2D eigenvalue weighted by molar-refractivity contribution is 0.304. The first-order valence-corrected chi connectivity index (χ1v) is 5.71. The number of aliphatic hydroxyl groups excluding tert-OH is 1. The largest absolute Gasteiger partial charge is 0.395 e. The molecule has 4 nitrogen and oxygen atoms in total. The van der Waals surface area contributed by atoms with Gasteiger partial charge in [-0.1, -0.05) is 0 Å². The predicted molar refractivity (Wildman–Crippen MR) is 62.8 cm³/mol. The Morgan fingerprint density at radius 2 is 2.33 bits per heavy atom. The minimum absolute atomic E-state index is 0.0871. The Morgan fingerprint density at radius 1 is 1.53 bits per heavy atom. The van der Waals surface area contributed by atoms with Gasteiger partial charge < -0.3 is 10.0 Å². The molecule has 0 amide bonds. The first kappa shape index (κ1) is 10.6. The van der Waals surface area contributed by atoms with Crippen molar-refractivity contribution < 1.29 is 5.11 Å². The molecule has 0 aliphatic heterocycles. The molecule has 0 radical (unpaired) electrons. The van der Waals surface area contributed by atoms with Gasteiger partial charge in [0, 0.05) is 13.6 Å². The lowest BCUT2D eigenvalue weighted by atomic mass is 10.3. The van der Waals surface area contributed by atoms with Crippen LogP contribution in [0.1, 0.15) is 0 Å². The number of nitrogens with zero attached hydrogens (tertiary/aromatic N) is 3. The Labute approximate surface area is 96.1 Å². The summed E-state index contributed by atoms with van der Waals surface area (Å²) in [5, 5.41) is 12.0. The van der Waals surface area contributed by atoms with Crippen LogP contribution in [-0.2, 0) is 0 Å². The van der Waals surface area contributed by atoms with E-state index in [9.17, 15) is 0 Å². The molecular formula is C9H10ClN3OS. The van der Waals surface area contributed by atoms with Gasteiger partial charge in [-0.2, -0.15) is 4.98 Å². The highest BCUT2D eigenvalue weighted by Crippen LogP contribution is 2.28. The van der Waals surface area contributed by atoms with Gasteiger partial charge in [-0.05, 0) is 23.0 Å². The van der Waals surface area contributed by atoms with Gasteiger partial charge in [0.1, 0.15) is 10.6 Å². The fourth-order valence-electron chi connectivity index (χ4n) is 1.36. The lowest BCUT2D eigenvalue weighted by Gasteiger charge is -2.17. The smallest absolute Gasteiger partial charge is 0.225 e. The van der Waals surface area contributed by atoms with Crippen molar-refractivity contribution in [2.24, 2.45) is 0 Å². The van der Waals surface area contributed by atoms with E-state index < -0.39 is 0 Å². The van der Waals surface area contributed by atoms with E-state index in [0.29, 0.717) is 6.54 Å². The molecule has 2 heterocycles. The Balaban J connectivity index is 2.52. The zero-order chi connectivity index (χ0) is 10.8. The van der Waals surface area contributed by atoms with Crippen LogP contribution in [0.4, 0.5) is 5.82 Å². The van der Waals surface area contributed by atoms with Gasteiger partial charge in [0.05, 0.1) is 12.0 Å². The van der Waals surface area contributed by atoms with E-state index in [1.54, 1.807) is 0 Å². The van der Waals surface area contributed by atoms with Crippen molar-refractivity contribution in [3.05, 3.63) is 16.7 Å². The first-order chi connectivity index (χ1) is 7.22. The Bertz CT molecular complexity index is 473. The number of fused-ring (bicyclic) bond motifs is 1. The zero-order valence-electron chi connectivity index (χ0n) is 8.14. The molecule has 0 spiro atoms. The second-order valence-corrected chi connectivity index (χ2v) is 4.33. The third-order valence-corrected chi connectivity index (χ3v) is 3.05. The summed E-state index contributed by atoms with van der Waals surface area (Å²) in [6, 6.07) is 1.96. The van der Waals surface area contributed by atoms with Crippen LogP contribution in [0.15, 0.2) is 11.4 Å². The lowest BCUT2D eigenvalue weighted by Crippen LogP contribution is -2.22. The standard InChI is InChI=1S/C9H10ClN3OS/c1-13(3-4-14)7-6-2-5-15-8(6)12-9(10)11-7/h2,5,14H,3-4H2,1H3. The number of rotatable bonds is 3. The topological polar surface area (TPSA) is 49.2 Å². The molecule has 6 heteroatoms. The fourth-order valence-corrected chi connectivity index (χ4v) is 2.33. The van der Waals surface area contributed by atoms with Gasteiger partial charge in [0.25, 0.3) is 0 Å². The molecule has 0 aromatic carbocycles. The van der Waals surface area contributed by atoms with Crippen molar-refractivity contribution in [2.75, 3.05) is 25.1 Å². The molecule has 0 saturated carbocycles. The molecule has 2 aromatic heterocycles. The SMILES string of the molecule is CN(CCO)c1nc(Cl)nc2sccc12. The Hall–Kier alpha value is -0.910. The molecular weight excluding hydrogens is 234 g/mol. The van der Waals surface area contributed by atoms with Crippen molar-refractivity contribution >= 4 is 39.0 Å². The maximum atomic E-state index is 8.87. The molecule has 2 aromatic rings. The highest BCUT2D eigenvalue weighted by molar-refractivity contribution is 7.16. The third kappa shape index (κ3) is 2.04. The van der Waals surface area contributed by atoms with Crippen LogP contribution in [0.5, 0.6) is 0 Å². The van der Waals surface area contributed by atoms with Gasteiger partial charge in [0.15, 0.2) is 0 Å². The maximum absolute atomic E-state index is 8.87. The number of anilines is 1. The molecule has 80 valence electrons. The van der Waals surface area contributed by atoms with Crippen LogP contribution in [0.2, 0.25) is 5.28 Å². The van der Waals surface area contributed by atoms with Gasteiger partial charge >= 0.3 is 0 Å². The van der Waals surface area contributed by atoms with Crippen LogP contribution < -0.4 is 4.90 Å². The van der Waals surface area contributed by atoms with E-state index >= 15 is 0 Å². The van der Waals surface area contributed by atoms with Crippen LogP contribution >= 0.6 is 22.9 Å². The van der Waals surface area contributed by atoms with Gasteiger partial charge in [0.2, 0.25) is 5.28 Å².